The topological polar surface area (TPSA) is 97.8 Å². The van der Waals surface area contributed by atoms with Crippen molar-refractivity contribution in [3.8, 4) is 0 Å². The first-order valence-electron chi connectivity index (χ1n) is 5.57. The number of nitrogens with zero attached hydrogens (tertiary/aromatic N) is 1. The Morgan fingerprint density at radius 3 is 2.84 bits per heavy atom. The number of nitrogens with two attached hydrogens (primary N) is 2. The SMILES string of the molecule is NCC(Sc1nc(N)cc(=O)[nH]1)c1cccc(Br)c1. The Labute approximate surface area is 122 Å². The summed E-state index contributed by atoms with van der Waals surface area (Å²) in [7, 11) is 0. The smallest absolute Gasteiger partial charge is 0.253 e. The largest absolute Gasteiger partial charge is 0.383 e. The second-order valence-electron chi connectivity index (χ2n) is 3.87. The van der Waals surface area contributed by atoms with Crippen LogP contribution in [0.3, 0.4) is 0 Å². The van der Waals surface area contributed by atoms with Gasteiger partial charge in [-0.25, -0.2) is 4.98 Å². The van der Waals surface area contributed by atoms with Crippen molar-refractivity contribution in [2.24, 2.45) is 5.73 Å². The predicted molar refractivity (Wildman–Crippen MR) is 81.1 cm³/mol. The van der Waals surface area contributed by atoms with Gasteiger partial charge in [0.05, 0.1) is 0 Å². The first-order valence-corrected chi connectivity index (χ1v) is 7.25. The Morgan fingerprint density at radius 1 is 1.42 bits per heavy atom. The Morgan fingerprint density at radius 2 is 2.21 bits per heavy atom. The lowest BCUT2D eigenvalue weighted by Crippen LogP contribution is -2.13. The molecule has 0 saturated carbocycles. The van der Waals surface area contributed by atoms with Gasteiger partial charge in [-0.3, -0.25) is 4.79 Å². The number of aromatic amines is 1. The maximum atomic E-state index is 11.3. The van der Waals surface area contributed by atoms with Crippen molar-refractivity contribution >= 4 is 33.5 Å². The van der Waals surface area contributed by atoms with Gasteiger partial charge in [-0.05, 0) is 17.7 Å². The summed E-state index contributed by atoms with van der Waals surface area (Å²) in [5.41, 5.74) is 12.1. The number of hydrogen-bond donors (Lipinski definition) is 3. The van der Waals surface area contributed by atoms with E-state index in [2.05, 4.69) is 25.9 Å². The Hall–Kier alpha value is -1.31. The van der Waals surface area contributed by atoms with Crippen LogP contribution >= 0.6 is 27.7 Å². The van der Waals surface area contributed by atoms with E-state index in [1.54, 1.807) is 0 Å². The highest BCUT2D eigenvalue weighted by atomic mass is 79.9. The van der Waals surface area contributed by atoms with Crippen molar-refractivity contribution in [3.63, 3.8) is 0 Å². The number of hydrogen-bond acceptors (Lipinski definition) is 5. The van der Waals surface area contributed by atoms with Gasteiger partial charge in [-0.1, -0.05) is 39.8 Å². The highest BCUT2D eigenvalue weighted by molar-refractivity contribution is 9.10. The van der Waals surface area contributed by atoms with Crippen LogP contribution in [0, 0.1) is 0 Å². The number of benzene rings is 1. The summed E-state index contributed by atoms with van der Waals surface area (Å²) in [6, 6.07) is 9.12. The van der Waals surface area contributed by atoms with Gasteiger partial charge in [0, 0.05) is 22.3 Å². The van der Waals surface area contributed by atoms with Gasteiger partial charge in [0.1, 0.15) is 5.82 Å². The second kappa shape index (κ2) is 6.23. The molecule has 2 rings (SSSR count). The minimum absolute atomic E-state index is 0.00227. The van der Waals surface area contributed by atoms with Crippen LogP contribution in [-0.4, -0.2) is 16.5 Å². The molecule has 1 aromatic heterocycles. The molecule has 5 N–H and O–H groups in total. The van der Waals surface area contributed by atoms with E-state index in [1.165, 1.54) is 17.8 Å². The number of thioether (sulfide) groups is 1. The number of nitrogens with one attached hydrogen (secondary N) is 1. The van der Waals surface area contributed by atoms with Crippen molar-refractivity contribution < 1.29 is 0 Å². The highest BCUT2D eigenvalue weighted by Gasteiger charge is 2.13. The number of aromatic nitrogens is 2. The first-order chi connectivity index (χ1) is 9.08. The summed E-state index contributed by atoms with van der Waals surface area (Å²) in [6.45, 7) is 0.430. The third-order valence-electron chi connectivity index (χ3n) is 2.43. The van der Waals surface area contributed by atoms with Crippen molar-refractivity contribution in [3.05, 3.63) is 50.7 Å². The summed E-state index contributed by atoms with van der Waals surface area (Å²) in [5, 5.41) is 0.475. The van der Waals surface area contributed by atoms with Crippen LogP contribution in [0.15, 0.2) is 44.8 Å². The quantitative estimate of drug-likeness (QED) is 0.583. The van der Waals surface area contributed by atoms with Crippen LogP contribution in [0.1, 0.15) is 10.8 Å². The zero-order chi connectivity index (χ0) is 13.8. The summed E-state index contributed by atoms with van der Waals surface area (Å²) in [6.07, 6.45) is 0. The average Bonchev–Trinajstić information content (AvgIpc) is 2.34. The van der Waals surface area contributed by atoms with E-state index in [4.69, 9.17) is 11.5 Å². The molecule has 7 heteroatoms. The lowest BCUT2D eigenvalue weighted by molar-refractivity contribution is 0.900. The molecular formula is C12H13BrN4OS. The number of rotatable bonds is 4. The molecule has 0 aliphatic carbocycles. The van der Waals surface area contributed by atoms with Gasteiger partial charge in [0.15, 0.2) is 5.16 Å². The van der Waals surface area contributed by atoms with Crippen molar-refractivity contribution in [2.75, 3.05) is 12.3 Å². The molecule has 2 aromatic rings. The third-order valence-corrected chi connectivity index (χ3v) is 4.09. The van der Waals surface area contributed by atoms with Gasteiger partial charge in [0.2, 0.25) is 0 Å². The van der Waals surface area contributed by atoms with Crippen molar-refractivity contribution in [2.45, 2.75) is 10.4 Å². The minimum atomic E-state index is -0.264. The van der Waals surface area contributed by atoms with Gasteiger partial charge in [-0.2, -0.15) is 0 Å². The lowest BCUT2D eigenvalue weighted by atomic mass is 10.1. The molecule has 5 nitrogen and oxygen atoms in total. The van der Waals surface area contributed by atoms with Gasteiger partial charge >= 0.3 is 0 Å². The molecule has 0 radical (unpaired) electrons. The zero-order valence-electron chi connectivity index (χ0n) is 9.97. The summed E-state index contributed by atoms with van der Waals surface area (Å²) in [5.74, 6) is 0.205. The molecule has 100 valence electrons. The lowest BCUT2D eigenvalue weighted by Gasteiger charge is -2.14. The molecule has 0 spiro atoms. The second-order valence-corrected chi connectivity index (χ2v) is 5.98. The van der Waals surface area contributed by atoms with Crippen molar-refractivity contribution in [1.29, 1.82) is 0 Å². The molecule has 1 atom stereocenters. The fourth-order valence-corrected chi connectivity index (χ4v) is 2.99. The highest BCUT2D eigenvalue weighted by Crippen LogP contribution is 2.33. The molecule has 0 saturated heterocycles. The molecule has 0 aliphatic heterocycles. The molecule has 1 aromatic carbocycles. The van der Waals surface area contributed by atoms with Crippen LogP contribution in [0.4, 0.5) is 5.82 Å². The number of nitrogen functional groups attached to an aromatic ring is 1. The van der Waals surface area contributed by atoms with E-state index < -0.39 is 0 Å². The van der Waals surface area contributed by atoms with Crippen LogP contribution in [-0.2, 0) is 0 Å². The van der Waals surface area contributed by atoms with Gasteiger partial charge in [0.25, 0.3) is 5.56 Å². The maximum Gasteiger partial charge on any atom is 0.253 e. The average molecular weight is 341 g/mol. The summed E-state index contributed by atoms with van der Waals surface area (Å²) in [4.78, 5) is 18.1. The number of H-pyrrole nitrogens is 1. The van der Waals surface area contributed by atoms with Gasteiger partial charge in [-0.15, -0.1) is 0 Å². The van der Waals surface area contributed by atoms with E-state index in [0.29, 0.717) is 11.7 Å². The standard InChI is InChI=1S/C12H13BrN4OS/c13-8-3-1-2-7(4-8)9(6-14)19-12-16-10(15)5-11(18)17-12/h1-5,9H,6,14H2,(H3,15,16,17,18). The predicted octanol–water partition coefficient (Wildman–Crippen LogP) is 1.91. The zero-order valence-corrected chi connectivity index (χ0v) is 12.4. The first kappa shape index (κ1) is 14.1. The van der Waals surface area contributed by atoms with Crippen LogP contribution < -0.4 is 17.0 Å². The maximum absolute atomic E-state index is 11.3. The monoisotopic (exact) mass is 340 g/mol. The molecule has 0 amide bonds. The van der Waals surface area contributed by atoms with Crippen molar-refractivity contribution in [1.82, 2.24) is 9.97 Å². The van der Waals surface area contributed by atoms with Crippen LogP contribution in [0.25, 0.3) is 0 Å². The summed E-state index contributed by atoms with van der Waals surface area (Å²) < 4.78 is 0.984. The van der Waals surface area contributed by atoms with E-state index in [0.717, 1.165) is 10.0 Å². The summed E-state index contributed by atoms with van der Waals surface area (Å²) >= 11 is 4.81. The molecule has 19 heavy (non-hydrogen) atoms. The van der Waals surface area contributed by atoms with Crippen LogP contribution in [0.5, 0.6) is 0 Å². The molecule has 0 bridgehead atoms. The number of halogens is 1. The van der Waals surface area contributed by atoms with E-state index in [-0.39, 0.29) is 16.6 Å². The molecule has 1 unspecified atom stereocenters. The van der Waals surface area contributed by atoms with E-state index >= 15 is 0 Å². The third kappa shape index (κ3) is 3.82. The Kier molecular flexibility index (Phi) is 4.62. The normalized spacial score (nSPS) is 12.3. The van der Waals surface area contributed by atoms with E-state index in [1.807, 2.05) is 24.3 Å². The van der Waals surface area contributed by atoms with E-state index in [9.17, 15) is 4.79 Å². The van der Waals surface area contributed by atoms with Gasteiger partial charge < -0.3 is 16.5 Å². The molecular weight excluding hydrogens is 328 g/mol. The minimum Gasteiger partial charge on any atom is -0.383 e. The Balaban J connectivity index is 2.26. The molecule has 1 heterocycles. The fourth-order valence-electron chi connectivity index (χ4n) is 1.60. The fraction of sp³-hybridized carbons (Fsp3) is 0.167. The van der Waals surface area contributed by atoms with Crippen LogP contribution in [0.2, 0.25) is 0 Å². The molecule has 0 aliphatic rings. The Bertz CT molecular complexity index is 631. The molecule has 0 fully saturated rings. The number of anilines is 1.